The van der Waals surface area contributed by atoms with Crippen molar-refractivity contribution in [2.75, 3.05) is 5.33 Å². The lowest BCUT2D eigenvalue weighted by Gasteiger charge is -2.13. The van der Waals surface area contributed by atoms with Crippen molar-refractivity contribution in [2.45, 2.75) is 32.0 Å². The van der Waals surface area contributed by atoms with Crippen LogP contribution < -0.4 is 5.32 Å². The number of nitrogens with one attached hydrogen (secondary N) is 1. The molecule has 1 unspecified atom stereocenters. The topological polar surface area (TPSA) is 29.1 Å². The number of alkyl halides is 4. The lowest BCUT2D eigenvalue weighted by molar-refractivity contribution is -0.154. The van der Waals surface area contributed by atoms with Gasteiger partial charge >= 0.3 is 6.18 Å². The quantitative estimate of drug-likeness (QED) is 0.773. The Labute approximate surface area is 83.0 Å². The van der Waals surface area contributed by atoms with E-state index in [1.165, 1.54) is 0 Å². The van der Waals surface area contributed by atoms with Crippen LogP contribution in [-0.2, 0) is 4.79 Å². The van der Waals surface area contributed by atoms with Gasteiger partial charge in [0.25, 0.3) is 0 Å². The van der Waals surface area contributed by atoms with Crippen LogP contribution in [0.4, 0.5) is 13.2 Å². The van der Waals surface area contributed by atoms with E-state index in [4.69, 9.17) is 0 Å². The lowest BCUT2D eigenvalue weighted by Crippen LogP contribution is -2.35. The Bertz CT molecular complexity index is 172. The second kappa shape index (κ2) is 5.47. The second-order valence-electron chi connectivity index (χ2n) is 2.74. The molecular weight excluding hydrogens is 251 g/mol. The normalized spacial score (nSPS) is 13.9. The van der Waals surface area contributed by atoms with E-state index in [9.17, 15) is 18.0 Å². The predicted molar refractivity (Wildman–Crippen MR) is 46.7 cm³/mol. The van der Waals surface area contributed by atoms with Crippen LogP contribution >= 0.6 is 15.9 Å². The first kappa shape index (κ1) is 12.7. The predicted octanol–water partition coefficient (Wildman–Crippen LogP) is 2.23. The Morgan fingerprint density at radius 1 is 1.54 bits per heavy atom. The molecule has 0 rings (SSSR count). The SMILES string of the molecule is CC(CCBr)NC(=O)CC(F)(F)F. The molecule has 0 aliphatic rings. The maximum Gasteiger partial charge on any atom is 0.397 e. The molecular formula is C7H11BrF3NO. The van der Waals surface area contributed by atoms with Crippen molar-refractivity contribution >= 4 is 21.8 Å². The van der Waals surface area contributed by atoms with E-state index >= 15 is 0 Å². The van der Waals surface area contributed by atoms with E-state index in [-0.39, 0.29) is 6.04 Å². The zero-order chi connectivity index (χ0) is 10.5. The molecule has 1 atom stereocenters. The molecule has 78 valence electrons. The van der Waals surface area contributed by atoms with Crippen LogP contribution in [0.1, 0.15) is 19.8 Å². The zero-order valence-electron chi connectivity index (χ0n) is 7.12. The zero-order valence-corrected chi connectivity index (χ0v) is 8.70. The summed E-state index contributed by atoms with van der Waals surface area (Å²) in [6.07, 6.45) is -5.21. The van der Waals surface area contributed by atoms with Crippen LogP contribution in [0.5, 0.6) is 0 Å². The van der Waals surface area contributed by atoms with Gasteiger partial charge in [-0.15, -0.1) is 0 Å². The van der Waals surface area contributed by atoms with E-state index in [0.717, 1.165) is 0 Å². The van der Waals surface area contributed by atoms with Crippen LogP contribution in [0, 0.1) is 0 Å². The van der Waals surface area contributed by atoms with Crippen LogP contribution in [-0.4, -0.2) is 23.5 Å². The Morgan fingerprint density at radius 3 is 2.46 bits per heavy atom. The van der Waals surface area contributed by atoms with Crippen molar-refractivity contribution in [2.24, 2.45) is 0 Å². The molecule has 0 radical (unpaired) electrons. The van der Waals surface area contributed by atoms with Gasteiger partial charge in [-0.25, -0.2) is 0 Å². The van der Waals surface area contributed by atoms with Crippen LogP contribution in [0.15, 0.2) is 0 Å². The molecule has 0 aliphatic heterocycles. The summed E-state index contributed by atoms with van der Waals surface area (Å²) in [5.74, 6) is -0.971. The van der Waals surface area contributed by atoms with Crippen molar-refractivity contribution in [1.82, 2.24) is 5.32 Å². The summed E-state index contributed by atoms with van der Waals surface area (Å²) in [6, 6.07) is -0.228. The van der Waals surface area contributed by atoms with Crippen molar-refractivity contribution in [3.05, 3.63) is 0 Å². The summed E-state index contributed by atoms with van der Waals surface area (Å²) in [5, 5.41) is 2.90. The minimum atomic E-state index is -4.42. The molecule has 0 spiro atoms. The van der Waals surface area contributed by atoms with Crippen molar-refractivity contribution in [3.63, 3.8) is 0 Å². The number of amides is 1. The third kappa shape index (κ3) is 8.08. The molecule has 6 heteroatoms. The second-order valence-corrected chi connectivity index (χ2v) is 3.53. The van der Waals surface area contributed by atoms with Gasteiger partial charge in [-0.1, -0.05) is 15.9 Å². The summed E-state index contributed by atoms with van der Waals surface area (Å²) < 4.78 is 35.0. The first-order valence-corrected chi connectivity index (χ1v) is 4.89. The standard InChI is InChI=1S/C7H11BrF3NO/c1-5(2-3-8)12-6(13)4-7(9,10)11/h5H,2-4H2,1H3,(H,12,13). The number of carbonyl (C=O) groups is 1. The van der Waals surface area contributed by atoms with E-state index in [2.05, 4.69) is 21.2 Å². The highest BCUT2D eigenvalue weighted by atomic mass is 79.9. The highest BCUT2D eigenvalue weighted by molar-refractivity contribution is 9.09. The Hall–Kier alpha value is -0.260. The molecule has 2 nitrogen and oxygen atoms in total. The van der Waals surface area contributed by atoms with E-state index < -0.39 is 18.5 Å². The third-order valence-electron chi connectivity index (χ3n) is 1.31. The lowest BCUT2D eigenvalue weighted by atomic mass is 10.2. The Morgan fingerprint density at radius 2 is 2.08 bits per heavy atom. The van der Waals surface area contributed by atoms with E-state index in [1.54, 1.807) is 6.92 Å². The molecule has 1 amide bonds. The Kier molecular flexibility index (Phi) is 5.36. The number of hydrogen-bond acceptors (Lipinski definition) is 1. The third-order valence-corrected chi connectivity index (χ3v) is 1.77. The summed E-state index contributed by atoms with van der Waals surface area (Å²) in [5.41, 5.74) is 0. The maximum atomic E-state index is 11.7. The molecule has 0 saturated heterocycles. The highest BCUT2D eigenvalue weighted by Gasteiger charge is 2.31. The molecule has 0 aromatic carbocycles. The molecule has 0 fully saturated rings. The molecule has 0 bridgehead atoms. The minimum Gasteiger partial charge on any atom is -0.353 e. The fraction of sp³-hybridized carbons (Fsp3) is 0.857. The highest BCUT2D eigenvalue weighted by Crippen LogP contribution is 2.19. The molecule has 0 saturated carbocycles. The molecule has 0 heterocycles. The average Bonchev–Trinajstić information content (AvgIpc) is 1.81. The fourth-order valence-electron chi connectivity index (χ4n) is 0.744. The van der Waals surface area contributed by atoms with Gasteiger partial charge in [-0.05, 0) is 13.3 Å². The summed E-state index contributed by atoms with van der Waals surface area (Å²) in [6.45, 7) is 1.66. The van der Waals surface area contributed by atoms with Gasteiger partial charge in [0.2, 0.25) is 5.91 Å². The monoisotopic (exact) mass is 261 g/mol. The summed E-state index contributed by atoms with van der Waals surface area (Å²) in [4.78, 5) is 10.7. The minimum absolute atomic E-state index is 0.228. The first-order chi connectivity index (χ1) is 5.85. The van der Waals surface area contributed by atoms with Crippen LogP contribution in [0.3, 0.4) is 0 Å². The van der Waals surface area contributed by atoms with Crippen molar-refractivity contribution in [1.29, 1.82) is 0 Å². The van der Waals surface area contributed by atoms with Gasteiger partial charge in [0.15, 0.2) is 0 Å². The fourth-order valence-corrected chi connectivity index (χ4v) is 1.43. The summed E-state index contributed by atoms with van der Waals surface area (Å²) >= 11 is 3.13. The largest absolute Gasteiger partial charge is 0.397 e. The van der Waals surface area contributed by atoms with Gasteiger partial charge in [-0.2, -0.15) is 13.2 Å². The van der Waals surface area contributed by atoms with Crippen molar-refractivity contribution in [3.8, 4) is 0 Å². The van der Waals surface area contributed by atoms with Gasteiger partial charge in [0.1, 0.15) is 6.42 Å². The van der Waals surface area contributed by atoms with E-state index in [0.29, 0.717) is 11.8 Å². The number of rotatable bonds is 4. The molecule has 0 aliphatic carbocycles. The van der Waals surface area contributed by atoms with Crippen LogP contribution in [0.25, 0.3) is 0 Å². The molecule has 13 heavy (non-hydrogen) atoms. The molecule has 0 aromatic rings. The van der Waals surface area contributed by atoms with E-state index in [1.807, 2.05) is 0 Å². The number of carbonyl (C=O) groups excluding carboxylic acids is 1. The van der Waals surface area contributed by atoms with Gasteiger partial charge in [-0.3, -0.25) is 4.79 Å². The Balaban J connectivity index is 3.74. The first-order valence-electron chi connectivity index (χ1n) is 3.77. The van der Waals surface area contributed by atoms with Crippen LogP contribution in [0.2, 0.25) is 0 Å². The van der Waals surface area contributed by atoms with Gasteiger partial charge < -0.3 is 5.32 Å². The van der Waals surface area contributed by atoms with Gasteiger partial charge in [0.05, 0.1) is 0 Å². The average molecular weight is 262 g/mol. The number of halogens is 4. The number of hydrogen-bond donors (Lipinski definition) is 1. The molecule has 1 N–H and O–H groups in total. The maximum absolute atomic E-state index is 11.7. The van der Waals surface area contributed by atoms with Crippen molar-refractivity contribution < 1.29 is 18.0 Å². The summed E-state index contributed by atoms with van der Waals surface area (Å²) in [7, 11) is 0. The smallest absolute Gasteiger partial charge is 0.353 e. The molecule has 0 aromatic heterocycles. The van der Waals surface area contributed by atoms with Gasteiger partial charge in [0, 0.05) is 11.4 Å².